The third-order valence-corrected chi connectivity index (χ3v) is 15.2. The molecule has 1 saturated heterocycles. The number of aromatic nitrogens is 2. The van der Waals surface area contributed by atoms with Gasteiger partial charge < -0.3 is 14.4 Å². The number of ketones is 1. The Hall–Kier alpha value is -3.87. The number of sulfonamides is 1. The standard InChI is InChI=1S/C42H54N4O8S/c1-2-28-23-42(28,41(50)45-55(51,52)30-19-20-30)24-36(47)35-21-29-25-46(35)40(49)31(26-11-6-7-12-26)22-38(48)54-37-18-10-14-27(37)13-4-3-5-17-34-39(53-29)44-33-16-9-8-15-32(33)43-34/h2,8-9,15-16,26-31,35,37H,1,3-7,10-14,17-25H2,(H,45,50)/t27-,28-,29-,31+,35+,37-,42-/m1/s1. The lowest BCUT2D eigenvalue weighted by Gasteiger charge is -2.31. The van der Waals surface area contributed by atoms with Crippen molar-refractivity contribution in [2.75, 3.05) is 6.54 Å². The van der Waals surface area contributed by atoms with Gasteiger partial charge in [-0.05, 0) is 101 Å². The number of carbonyl (C=O) groups excluding carboxylic acids is 4. The summed E-state index contributed by atoms with van der Waals surface area (Å²) >= 11 is 0. The molecule has 2 amide bonds. The molecule has 7 atom stereocenters. The van der Waals surface area contributed by atoms with E-state index in [0.29, 0.717) is 43.0 Å². The van der Waals surface area contributed by atoms with Crippen LogP contribution in [0.1, 0.15) is 115 Å². The molecular weight excluding hydrogens is 721 g/mol. The number of rotatable bonds is 8. The summed E-state index contributed by atoms with van der Waals surface area (Å²) in [6.07, 6.45) is 13.0. The summed E-state index contributed by atoms with van der Waals surface area (Å²) in [7, 11) is -3.84. The second-order valence-electron chi connectivity index (χ2n) is 17.1. The third-order valence-electron chi connectivity index (χ3n) is 13.4. The van der Waals surface area contributed by atoms with Gasteiger partial charge in [-0.3, -0.25) is 23.9 Å². The normalized spacial score (nSPS) is 32.1. The highest BCUT2D eigenvalue weighted by Crippen LogP contribution is 2.57. The number of para-hydroxylation sites is 2. The van der Waals surface area contributed by atoms with Crippen molar-refractivity contribution in [3.05, 3.63) is 42.6 Å². The van der Waals surface area contributed by atoms with E-state index in [1.165, 1.54) is 0 Å². The van der Waals surface area contributed by atoms with Crippen LogP contribution in [0.25, 0.3) is 11.0 Å². The molecule has 1 N–H and O–H groups in total. The summed E-state index contributed by atoms with van der Waals surface area (Å²) in [5.74, 6) is -1.99. The predicted molar refractivity (Wildman–Crippen MR) is 204 cm³/mol. The molecular formula is C42H54N4O8S. The van der Waals surface area contributed by atoms with Crippen LogP contribution in [0.2, 0.25) is 0 Å². The number of fused-ring (bicyclic) bond motifs is 5. The Morgan fingerprint density at radius 1 is 0.909 bits per heavy atom. The fourth-order valence-electron chi connectivity index (χ4n) is 9.96. The molecule has 1 aromatic carbocycles. The van der Waals surface area contributed by atoms with E-state index >= 15 is 0 Å². The number of Topliss-reactive ketones (excluding diaryl/α,β-unsaturated/α-hetero) is 1. The Morgan fingerprint density at radius 2 is 1.62 bits per heavy atom. The van der Waals surface area contributed by atoms with E-state index in [1.807, 2.05) is 24.3 Å². The first-order valence-corrected chi connectivity index (χ1v) is 22.2. The lowest BCUT2D eigenvalue weighted by Crippen LogP contribution is -2.47. The number of benzene rings is 1. The third kappa shape index (κ3) is 8.05. The molecule has 13 heteroatoms. The zero-order chi connectivity index (χ0) is 38.3. The minimum absolute atomic E-state index is 0.0166. The summed E-state index contributed by atoms with van der Waals surface area (Å²) in [6.45, 7) is 3.96. The monoisotopic (exact) mass is 774 g/mol. The van der Waals surface area contributed by atoms with E-state index in [0.717, 1.165) is 81.8 Å². The molecule has 8 rings (SSSR count). The zero-order valence-corrected chi connectivity index (χ0v) is 32.5. The first-order chi connectivity index (χ1) is 26.5. The molecule has 6 aliphatic rings. The molecule has 2 bridgehead atoms. The lowest BCUT2D eigenvalue weighted by molar-refractivity contribution is -0.156. The fourth-order valence-corrected chi connectivity index (χ4v) is 11.3. The summed E-state index contributed by atoms with van der Waals surface area (Å²) in [5, 5.41) is -0.591. The van der Waals surface area contributed by atoms with Gasteiger partial charge in [0.1, 0.15) is 17.9 Å². The Morgan fingerprint density at radius 3 is 2.35 bits per heavy atom. The van der Waals surface area contributed by atoms with Gasteiger partial charge in [-0.25, -0.2) is 18.4 Å². The van der Waals surface area contributed by atoms with Crippen LogP contribution in [0.4, 0.5) is 0 Å². The van der Waals surface area contributed by atoms with Crippen LogP contribution in [0, 0.1) is 29.1 Å². The van der Waals surface area contributed by atoms with E-state index in [1.54, 1.807) is 11.0 Å². The first kappa shape index (κ1) is 38.0. The Labute approximate surface area is 323 Å². The van der Waals surface area contributed by atoms with Crippen LogP contribution >= 0.6 is 0 Å². The number of carbonyl (C=O) groups is 4. The average Bonchev–Trinajstić information content (AvgIpc) is 3.95. The van der Waals surface area contributed by atoms with Crippen LogP contribution in [-0.4, -0.2) is 76.9 Å². The van der Waals surface area contributed by atoms with Gasteiger partial charge >= 0.3 is 5.97 Å². The second kappa shape index (κ2) is 15.6. The molecule has 0 spiro atoms. The number of ether oxygens (including phenoxy) is 2. The van der Waals surface area contributed by atoms with Crippen molar-refractivity contribution in [3.63, 3.8) is 0 Å². The predicted octanol–water partition coefficient (Wildman–Crippen LogP) is 5.76. The molecule has 4 saturated carbocycles. The number of aryl methyl sites for hydroxylation is 1. The SMILES string of the molecule is C=C[C@@H]1C[C@]1(CC(=O)[C@@H]1C[C@@H]2CN1C(=O)[C@H](C1CCCC1)CC(=O)O[C@@H]1CCC[C@H]1CCCCCc1nc3ccccc3nc1O2)C(=O)NS(=O)(=O)C1CC1. The molecule has 1 aromatic heterocycles. The molecule has 2 aliphatic heterocycles. The highest BCUT2D eigenvalue weighted by Gasteiger charge is 2.61. The summed E-state index contributed by atoms with van der Waals surface area (Å²) in [6, 6.07) is 6.71. The second-order valence-corrected chi connectivity index (χ2v) is 19.1. The van der Waals surface area contributed by atoms with Gasteiger partial charge in [0.15, 0.2) is 5.78 Å². The van der Waals surface area contributed by atoms with Crippen molar-refractivity contribution >= 4 is 44.6 Å². The Bertz CT molecular complexity index is 1940. The van der Waals surface area contributed by atoms with Gasteiger partial charge in [0.2, 0.25) is 27.7 Å². The van der Waals surface area contributed by atoms with E-state index in [2.05, 4.69) is 11.3 Å². The van der Waals surface area contributed by atoms with Gasteiger partial charge in [0, 0.05) is 12.8 Å². The Kier molecular flexibility index (Phi) is 10.8. The van der Waals surface area contributed by atoms with Crippen LogP contribution in [-0.2, 0) is 40.4 Å². The van der Waals surface area contributed by atoms with Crippen LogP contribution in [0.15, 0.2) is 36.9 Å². The van der Waals surface area contributed by atoms with Crippen molar-refractivity contribution in [3.8, 4) is 5.88 Å². The Balaban J connectivity index is 1.12. The van der Waals surface area contributed by atoms with Crippen molar-refractivity contribution in [1.29, 1.82) is 0 Å². The first-order valence-electron chi connectivity index (χ1n) is 20.7. The number of amides is 2. The van der Waals surface area contributed by atoms with Crippen molar-refractivity contribution in [1.82, 2.24) is 19.6 Å². The summed E-state index contributed by atoms with van der Waals surface area (Å²) < 4.78 is 40.7. The highest BCUT2D eigenvalue weighted by molar-refractivity contribution is 7.90. The molecule has 3 heterocycles. The lowest BCUT2D eigenvalue weighted by atomic mass is 9.86. The van der Waals surface area contributed by atoms with Gasteiger partial charge in [-0.15, -0.1) is 6.58 Å². The number of allylic oxidation sites excluding steroid dienone is 1. The topological polar surface area (TPSA) is 162 Å². The smallest absolute Gasteiger partial charge is 0.306 e. The molecule has 0 radical (unpaired) electrons. The zero-order valence-electron chi connectivity index (χ0n) is 31.7. The minimum Gasteiger partial charge on any atom is -0.471 e. The van der Waals surface area contributed by atoms with Gasteiger partial charge in [-0.1, -0.05) is 43.9 Å². The fraction of sp³-hybridized carbons (Fsp3) is 0.667. The highest BCUT2D eigenvalue weighted by atomic mass is 32.2. The number of hydrogen-bond acceptors (Lipinski definition) is 10. The maximum atomic E-state index is 14.9. The van der Waals surface area contributed by atoms with Crippen LogP contribution in [0.5, 0.6) is 5.88 Å². The number of esters is 1. The molecule has 12 nitrogen and oxygen atoms in total. The molecule has 0 unspecified atom stereocenters. The van der Waals surface area contributed by atoms with Crippen LogP contribution < -0.4 is 9.46 Å². The van der Waals surface area contributed by atoms with Crippen molar-refractivity contribution in [2.24, 2.45) is 29.1 Å². The van der Waals surface area contributed by atoms with E-state index in [-0.39, 0.29) is 61.4 Å². The maximum absolute atomic E-state index is 14.9. The summed E-state index contributed by atoms with van der Waals surface area (Å²) in [5.41, 5.74) is 0.937. The van der Waals surface area contributed by atoms with E-state index in [4.69, 9.17) is 19.4 Å². The molecule has 2 aromatic rings. The number of hydrogen-bond donors (Lipinski definition) is 1. The van der Waals surface area contributed by atoms with Crippen molar-refractivity contribution < 1.29 is 37.1 Å². The summed E-state index contributed by atoms with van der Waals surface area (Å²) in [4.78, 5) is 68.3. The van der Waals surface area contributed by atoms with Gasteiger partial charge in [-0.2, -0.15) is 0 Å². The minimum atomic E-state index is -3.84. The van der Waals surface area contributed by atoms with Crippen molar-refractivity contribution in [2.45, 2.75) is 139 Å². The number of nitrogens with one attached hydrogen (secondary N) is 1. The molecule has 296 valence electrons. The van der Waals surface area contributed by atoms with Gasteiger partial charge in [0.05, 0.1) is 46.6 Å². The molecule has 55 heavy (non-hydrogen) atoms. The largest absolute Gasteiger partial charge is 0.471 e. The molecule has 4 aliphatic carbocycles. The van der Waals surface area contributed by atoms with E-state index in [9.17, 15) is 27.6 Å². The molecule has 5 fully saturated rings. The van der Waals surface area contributed by atoms with E-state index < -0.39 is 44.7 Å². The maximum Gasteiger partial charge on any atom is 0.306 e. The van der Waals surface area contributed by atoms with Gasteiger partial charge in [0.25, 0.3) is 0 Å². The van der Waals surface area contributed by atoms with Crippen LogP contribution in [0.3, 0.4) is 0 Å². The quantitative estimate of drug-likeness (QED) is 0.258. The number of nitrogens with zero attached hydrogens (tertiary/aromatic N) is 3. The average molecular weight is 775 g/mol.